The lowest BCUT2D eigenvalue weighted by molar-refractivity contribution is -0.147. The molecule has 2 aliphatic carbocycles. The van der Waals surface area contributed by atoms with Crippen LogP contribution in [0, 0.1) is 23.7 Å². The highest BCUT2D eigenvalue weighted by atomic mass is 16.4. The van der Waals surface area contributed by atoms with Crippen LogP contribution in [0.25, 0.3) is 0 Å². The van der Waals surface area contributed by atoms with Crippen molar-refractivity contribution in [2.75, 3.05) is 6.54 Å². The molecule has 1 fully saturated rings. The third-order valence-corrected chi connectivity index (χ3v) is 4.13. The van der Waals surface area contributed by atoms with Gasteiger partial charge in [0.15, 0.2) is 0 Å². The molecule has 100 valence electrons. The van der Waals surface area contributed by atoms with Crippen LogP contribution in [-0.2, 0) is 9.59 Å². The van der Waals surface area contributed by atoms with Gasteiger partial charge in [-0.2, -0.15) is 0 Å². The first-order valence-corrected chi connectivity index (χ1v) is 6.84. The number of fused-ring (bicyclic) bond motifs is 2. The molecule has 0 spiro atoms. The van der Waals surface area contributed by atoms with Gasteiger partial charge in [-0.3, -0.25) is 9.59 Å². The van der Waals surface area contributed by atoms with Crippen LogP contribution in [0.1, 0.15) is 32.6 Å². The molecule has 4 atom stereocenters. The maximum atomic E-state index is 12.1. The summed E-state index contributed by atoms with van der Waals surface area (Å²) in [7, 11) is 0. The topological polar surface area (TPSA) is 66.4 Å². The van der Waals surface area contributed by atoms with E-state index in [-0.39, 0.29) is 23.7 Å². The predicted octanol–water partition coefficient (Wildman–Crippen LogP) is 1.82. The first kappa shape index (κ1) is 13.1. The van der Waals surface area contributed by atoms with Gasteiger partial charge in [0.05, 0.1) is 11.8 Å². The molecule has 0 aromatic heterocycles. The molecule has 0 unspecified atom stereocenters. The van der Waals surface area contributed by atoms with E-state index in [1.807, 2.05) is 12.2 Å². The van der Waals surface area contributed by atoms with Crippen LogP contribution in [0.2, 0.25) is 0 Å². The fraction of sp³-hybridized carbons (Fsp3) is 0.714. The number of hydrogen-bond donors (Lipinski definition) is 2. The molecule has 18 heavy (non-hydrogen) atoms. The van der Waals surface area contributed by atoms with E-state index in [1.165, 1.54) is 0 Å². The number of nitrogens with one attached hydrogen (secondary N) is 1. The number of carbonyl (C=O) groups excluding carboxylic acids is 1. The Bertz CT molecular complexity index is 364. The van der Waals surface area contributed by atoms with Crippen LogP contribution < -0.4 is 5.32 Å². The summed E-state index contributed by atoms with van der Waals surface area (Å²) in [6.45, 7) is 2.78. The van der Waals surface area contributed by atoms with E-state index >= 15 is 0 Å². The van der Waals surface area contributed by atoms with Crippen molar-refractivity contribution in [2.24, 2.45) is 23.7 Å². The van der Waals surface area contributed by atoms with Crippen LogP contribution in [0.5, 0.6) is 0 Å². The second-order valence-corrected chi connectivity index (χ2v) is 5.34. The number of carboxylic acids is 1. The molecular formula is C14H21NO3. The van der Waals surface area contributed by atoms with Crippen molar-refractivity contribution in [3.05, 3.63) is 12.2 Å². The van der Waals surface area contributed by atoms with Gasteiger partial charge in [0.1, 0.15) is 0 Å². The van der Waals surface area contributed by atoms with Crippen LogP contribution in [0.3, 0.4) is 0 Å². The summed E-state index contributed by atoms with van der Waals surface area (Å²) in [5.41, 5.74) is 0. The van der Waals surface area contributed by atoms with Crippen LogP contribution >= 0.6 is 0 Å². The zero-order chi connectivity index (χ0) is 13.1. The molecule has 0 radical (unpaired) electrons. The first-order valence-electron chi connectivity index (χ1n) is 6.84. The molecule has 4 heteroatoms. The molecule has 0 heterocycles. The van der Waals surface area contributed by atoms with Crippen LogP contribution in [0.15, 0.2) is 12.2 Å². The highest BCUT2D eigenvalue weighted by Crippen LogP contribution is 2.48. The Morgan fingerprint density at radius 3 is 2.50 bits per heavy atom. The number of hydrogen-bond acceptors (Lipinski definition) is 2. The Labute approximate surface area is 107 Å². The van der Waals surface area contributed by atoms with E-state index in [1.54, 1.807) is 0 Å². The van der Waals surface area contributed by atoms with E-state index in [4.69, 9.17) is 0 Å². The lowest BCUT2D eigenvalue weighted by Crippen LogP contribution is -2.40. The van der Waals surface area contributed by atoms with Crippen molar-refractivity contribution in [1.29, 1.82) is 0 Å². The minimum atomic E-state index is -0.833. The van der Waals surface area contributed by atoms with Crippen molar-refractivity contribution in [1.82, 2.24) is 5.32 Å². The Morgan fingerprint density at radius 1 is 1.22 bits per heavy atom. The van der Waals surface area contributed by atoms with Gasteiger partial charge < -0.3 is 10.4 Å². The number of rotatable bonds is 6. The molecule has 0 aromatic carbocycles. The summed E-state index contributed by atoms with van der Waals surface area (Å²) in [4.78, 5) is 23.4. The Hall–Kier alpha value is -1.32. The molecule has 2 bridgehead atoms. The van der Waals surface area contributed by atoms with Crippen molar-refractivity contribution in [3.8, 4) is 0 Å². The van der Waals surface area contributed by atoms with Crippen molar-refractivity contribution >= 4 is 11.9 Å². The standard InChI is InChI=1S/C14H21NO3/c1-2-3-4-7-15-13(16)11-9-5-6-10(8-9)12(11)14(17)18/h5-6,9-12H,2-4,7-8H2,1H3,(H,15,16)(H,17,18)/t9-,10-,11-,12-/m0/s1. The van der Waals surface area contributed by atoms with Gasteiger partial charge in [0.25, 0.3) is 0 Å². The van der Waals surface area contributed by atoms with Crippen molar-refractivity contribution in [3.63, 3.8) is 0 Å². The Balaban J connectivity index is 1.92. The number of amides is 1. The lowest BCUT2D eigenvalue weighted by Gasteiger charge is -2.23. The Morgan fingerprint density at radius 2 is 1.89 bits per heavy atom. The monoisotopic (exact) mass is 251 g/mol. The molecular weight excluding hydrogens is 230 g/mol. The summed E-state index contributed by atoms with van der Waals surface area (Å²) >= 11 is 0. The summed E-state index contributed by atoms with van der Waals surface area (Å²) in [6, 6.07) is 0. The fourth-order valence-electron chi connectivity index (χ4n) is 3.22. The molecule has 4 nitrogen and oxygen atoms in total. The van der Waals surface area contributed by atoms with Gasteiger partial charge >= 0.3 is 5.97 Å². The van der Waals surface area contributed by atoms with Crippen LogP contribution in [0.4, 0.5) is 0 Å². The molecule has 2 N–H and O–H groups in total. The fourth-order valence-corrected chi connectivity index (χ4v) is 3.22. The first-order chi connectivity index (χ1) is 8.65. The predicted molar refractivity (Wildman–Crippen MR) is 67.9 cm³/mol. The quantitative estimate of drug-likeness (QED) is 0.559. The normalized spacial score (nSPS) is 32.7. The van der Waals surface area contributed by atoms with Gasteiger partial charge in [0, 0.05) is 6.54 Å². The molecule has 0 aromatic rings. The van der Waals surface area contributed by atoms with Gasteiger partial charge in [0.2, 0.25) is 5.91 Å². The Kier molecular flexibility index (Phi) is 4.04. The highest BCUT2D eigenvalue weighted by Gasteiger charge is 2.51. The summed E-state index contributed by atoms with van der Waals surface area (Å²) < 4.78 is 0. The average molecular weight is 251 g/mol. The molecule has 2 aliphatic rings. The number of allylic oxidation sites excluding steroid dienone is 2. The van der Waals surface area contributed by atoms with Gasteiger partial charge in [-0.25, -0.2) is 0 Å². The third kappa shape index (κ3) is 2.42. The maximum Gasteiger partial charge on any atom is 0.307 e. The summed E-state index contributed by atoms with van der Waals surface area (Å²) in [6.07, 6.45) is 7.98. The zero-order valence-electron chi connectivity index (χ0n) is 10.8. The number of carbonyl (C=O) groups is 2. The van der Waals surface area contributed by atoms with E-state index in [0.717, 1.165) is 25.7 Å². The minimum absolute atomic E-state index is 0.0545. The van der Waals surface area contributed by atoms with E-state index in [0.29, 0.717) is 6.54 Å². The smallest absolute Gasteiger partial charge is 0.307 e. The molecule has 2 rings (SSSR count). The largest absolute Gasteiger partial charge is 0.481 e. The molecule has 0 aliphatic heterocycles. The van der Waals surface area contributed by atoms with Gasteiger partial charge in [-0.15, -0.1) is 0 Å². The van der Waals surface area contributed by atoms with Gasteiger partial charge in [-0.05, 0) is 24.7 Å². The van der Waals surface area contributed by atoms with E-state index in [9.17, 15) is 14.7 Å². The average Bonchev–Trinajstić information content (AvgIpc) is 2.94. The van der Waals surface area contributed by atoms with Gasteiger partial charge in [-0.1, -0.05) is 31.9 Å². The SMILES string of the molecule is CCCCCNC(=O)[C@@H]1[C@@H](C(=O)O)[C@H]2C=C[C@H]1C2. The van der Waals surface area contributed by atoms with E-state index in [2.05, 4.69) is 12.2 Å². The second kappa shape index (κ2) is 5.55. The van der Waals surface area contributed by atoms with Crippen molar-refractivity contribution in [2.45, 2.75) is 32.6 Å². The molecule has 1 amide bonds. The molecule has 1 saturated carbocycles. The van der Waals surface area contributed by atoms with Crippen molar-refractivity contribution < 1.29 is 14.7 Å². The highest BCUT2D eigenvalue weighted by molar-refractivity contribution is 5.86. The summed E-state index contributed by atoms with van der Waals surface area (Å²) in [5, 5.41) is 12.1. The number of carboxylic acid groups (broad SMARTS) is 1. The minimum Gasteiger partial charge on any atom is -0.481 e. The molecule has 0 saturated heterocycles. The number of unbranched alkanes of at least 4 members (excludes halogenated alkanes) is 2. The van der Waals surface area contributed by atoms with Crippen LogP contribution in [-0.4, -0.2) is 23.5 Å². The summed E-state index contributed by atoms with van der Waals surface area (Å²) in [5.74, 6) is -1.61. The zero-order valence-corrected chi connectivity index (χ0v) is 10.8. The third-order valence-electron chi connectivity index (χ3n) is 4.13. The number of aliphatic carboxylic acids is 1. The maximum absolute atomic E-state index is 12.1. The van der Waals surface area contributed by atoms with E-state index < -0.39 is 11.9 Å². The lowest BCUT2D eigenvalue weighted by atomic mass is 9.82. The second-order valence-electron chi connectivity index (χ2n) is 5.34.